The van der Waals surface area contributed by atoms with Gasteiger partial charge in [0.25, 0.3) is 0 Å². The highest BCUT2D eigenvalue weighted by molar-refractivity contribution is 6.04. The molecule has 120 valence electrons. The molecule has 24 heavy (non-hydrogen) atoms. The number of aromatic nitrogens is 1. The summed E-state index contributed by atoms with van der Waals surface area (Å²) >= 11 is 0. The molecule has 0 atom stereocenters. The zero-order valence-electron chi connectivity index (χ0n) is 12.5. The topological polar surface area (TPSA) is 68.7 Å². The molecule has 3 aromatic rings. The number of carboxylic acid groups (broad SMARTS) is 1. The summed E-state index contributed by atoms with van der Waals surface area (Å²) in [6.07, 6.45) is 0. The minimum atomic E-state index is -1.07. The van der Waals surface area contributed by atoms with E-state index in [1.54, 1.807) is 24.3 Å². The minimum absolute atomic E-state index is 0.108. The average molecular weight is 325 g/mol. The van der Waals surface area contributed by atoms with Crippen LogP contribution in [0.25, 0.3) is 22.2 Å². The number of hydrogen-bond acceptors (Lipinski definition) is 4. The lowest BCUT2D eigenvalue weighted by molar-refractivity contribution is 0.0699. The van der Waals surface area contributed by atoms with Crippen LogP contribution in [0.3, 0.4) is 0 Å². The number of halogens is 1. The van der Waals surface area contributed by atoms with Crippen LogP contribution in [0.5, 0.6) is 11.5 Å². The van der Waals surface area contributed by atoms with Crippen molar-refractivity contribution in [2.24, 2.45) is 0 Å². The number of pyridine rings is 1. The third-order valence-corrected chi connectivity index (χ3v) is 3.84. The van der Waals surface area contributed by atoms with Crippen molar-refractivity contribution in [1.82, 2.24) is 4.98 Å². The van der Waals surface area contributed by atoms with Crippen molar-refractivity contribution in [3.8, 4) is 22.8 Å². The van der Waals surface area contributed by atoms with Crippen LogP contribution < -0.4 is 9.47 Å². The van der Waals surface area contributed by atoms with E-state index < -0.39 is 5.97 Å². The fourth-order valence-corrected chi connectivity index (χ4v) is 2.71. The SMILES string of the molecule is O=C(O)c1cc(-c2ccc(F)cc2)nc2cc3c(cc12)OCCO3. The monoisotopic (exact) mass is 325 g/mol. The third kappa shape index (κ3) is 2.42. The van der Waals surface area contributed by atoms with Crippen LogP contribution in [0.1, 0.15) is 10.4 Å². The molecule has 0 spiro atoms. The Labute approximate surface area is 136 Å². The third-order valence-electron chi connectivity index (χ3n) is 3.84. The predicted molar refractivity (Wildman–Crippen MR) is 85.1 cm³/mol. The molecule has 1 aliphatic rings. The first-order chi connectivity index (χ1) is 11.6. The van der Waals surface area contributed by atoms with Crippen LogP contribution in [0.2, 0.25) is 0 Å². The minimum Gasteiger partial charge on any atom is -0.486 e. The molecule has 1 aliphatic heterocycles. The number of benzene rings is 2. The highest BCUT2D eigenvalue weighted by Gasteiger charge is 2.19. The van der Waals surface area contributed by atoms with Crippen LogP contribution in [0.15, 0.2) is 42.5 Å². The van der Waals surface area contributed by atoms with Crippen molar-refractivity contribution in [3.63, 3.8) is 0 Å². The molecule has 0 saturated heterocycles. The van der Waals surface area contributed by atoms with Gasteiger partial charge in [0, 0.05) is 17.0 Å². The maximum Gasteiger partial charge on any atom is 0.336 e. The molecule has 1 N–H and O–H groups in total. The number of rotatable bonds is 2. The molecule has 6 heteroatoms. The normalized spacial score (nSPS) is 13.0. The van der Waals surface area contributed by atoms with E-state index in [0.717, 1.165) is 0 Å². The molecule has 1 aromatic heterocycles. The summed E-state index contributed by atoms with van der Waals surface area (Å²) in [5, 5.41) is 10.0. The lowest BCUT2D eigenvalue weighted by Crippen LogP contribution is -2.15. The van der Waals surface area contributed by atoms with Gasteiger partial charge < -0.3 is 14.6 Å². The number of hydrogen-bond donors (Lipinski definition) is 1. The Morgan fingerprint density at radius 3 is 2.38 bits per heavy atom. The van der Waals surface area contributed by atoms with Crippen molar-refractivity contribution in [3.05, 3.63) is 53.8 Å². The summed E-state index contributed by atoms with van der Waals surface area (Å²) in [4.78, 5) is 16.2. The molecule has 2 heterocycles. The van der Waals surface area contributed by atoms with Crippen molar-refractivity contribution in [1.29, 1.82) is 0 Å². The van der Waals surface area contributed by atoms with E-state index >= 15 is 0 Å². The van der Waals surface area contributed by atoms with Crippen molar-refractivity contribution < 1.29 is 23.8 Å². The first-order valence-electron chi connectivity index (χ1n) is 7.35. The second kappa shape index (κ2) is 5.49. The first-order valence-corrected chi connectivity index (χ1v) is 7.35. The fourth-order valence-electron chi connectivity index (χ4n) is 2.71. The second-order valence-electron chi connectivity index (χ2n) is 5.38. The Bertz CT molecular complexity index is 953. The fraction of sp³-hybridized carbons (Fsp3) is 0.111. The summed E-state index contributed by atoms with van der Waals surface area (Å²) < 4.78 is 24.1. The van der Waals surface area contributed by atoms with Crippen molar-refractivity contribution in [2.75, 3.05) is 13.2 Å². The largest absolute Gasteiger partial charge is 0.486 e. The number of carbonyl (C=O) groups is 1. The standard InChI is InChI=1S/C18H12FNO4/c19-11-3-1-10(2-4-11)14-7-13(18(21)22)12-8-16-17(9-15(12)20-14)24-6-5-23-16/h1-4,7-9H,5-6H2,(H,21,22). The summed E-state index contributed by atoms with van der Waals surface area (Å²) in [6, 6.07) is 10.5. The Kier molecular flexibility index (Phi) is 3.30. The molecule has 0 fully saturated rings. The molecule has 4 rings (SSSR count). The lowest BCUT2D eigenvalue weighted by atomic mass is 10.0. The highest BCUT2D eigenvalue weighted by atomic mass is 19.1. The number of aromatic carboxylic acids is 1. The summed E-state index contributed by atoms with van der Waals surface area (Å²) in [5.41, 5.74) is 1.68. The van der Waals surface area contributed by atoms with Gasteiger partial charge in [-0.3, -0.25) is 0 Å². The number of fused-ring (bicyclic) bond motifs is 2. The molecular formula is C18H12FNO4. The average Bonchev–Trinajstić information content (AvgIpc) is 2.59. The van der Waals surface area contributed by atoms with Crippen LogP contribution in [-0.2, 0) is 0 Å². The van der Waals surface area contributed by atoms with Gasteiger partial charge in [0.05, 0.1) is 16.8 Å². The van der Waals surface area contributed by atoms with E-state index in [1.165, 1.54) is 18.2 Å². The molecule has 0 bridgehead atoms. The summed E-state index contributed by atoms with van der Waals surface area (Å²) in [5.74, 6) is -0.388. The molecule has 0 aliphatic carbocycles. The number of carboxylic acids is 1. The van der Waals surface area contributed by atoms with E-state index in [-0.39, 0.29) is 11.4 Å². The second-order valence-corrected chi connectivity index (χ2v) is 5.38. The molecule has 0 saturated carbocycles. The van der Waals surface area contributed by atoms with Gasteiger partial charge in [0.1, 0.15) is 19.0 Å². The van der Waals surface area contributed by atoms with E-state index in [9.17, 15) is 14.3 Å². The lowest BCUT2D eigenvalue weighted by Gasteiger charge is -2.19. The van der Waals surface area contributed by atoms with Gasteiger partial charge >= 0.3 is 5.97 Å². The smallest absolute Gasteiger partial charge is 0.336 e. The molecule has 0 unspecified atom stereocenters. The van der Waals surface area contributed by atoms with Gasteiger partial charge in [-0.2, -0.15) is 0 Å². The highest BCUT2D eigenvalue weighted by Crippen LogP contribution is 2.36. The summed E-state index contributed by atoms with van der Waals surface area (Å²) in [6.45, 7) is 0.851. The Morgan fingerprint density at radius 2 is 1.71 bits per heavy atom. The van der Waals surface area contributed by atoms with Gasteiger partial charge in [0.2, 0.25) is 0 Å². The predicted octanol–water partition coefficient (Wildman–Crippen LogP) is 3.51. The van der Waals surface area contributed by atoms with E-state index in [2.05, 4.69) is 4.98 Å². The van der Waals surface area contributed by atoms with Gasteiger partial charge in [0.15, 0.2) is 11.5 Å². The molecule has 0 radical (unpaired) electrons. The number of ether oxygens (including phenoxy) is 2. The molecule has 0 amide bonds. The van der Waals surface area contributed by atoms with Gasteiger partial charge in [-0.25, -0.2) is 14.2 Å². The maximum absolute atomic E-state index is 13.1. The van der Waals surface area contributed by atoms with Crippen LogP contribution in [-0.4, -0.2) is 29.3 Å². The Morgan fingerprint density at radius 1 is 1.04 bits per heavy atom. The first kappa shape index (κ1) is 14.4. The zero-order chi connectivity index (χ0) is 16.7. The Balaban J connectivity index is 1.96. The Hall–Kier alpha value is -3.15. The van der Waals surface area contributed by atoms with Crippen LogP contribution >= 0.6 is 0 Å². The van der Waals surface area contributed by atoms with Gasteiger partial charge in [-0.05, 0) is 36.4 Å². The van der Waals surface area contributed by atoms with Gasteiger partial charge in [-0.15, -0.1) is 0 Å². The van der Waals surface area contributed by atoms with Crippen LogP contribution in [0.4, 0.5) is 4.39 Å². The zero-order valence-corrected chi connectivity index (χ0v) is 12.5. The van der Waals surface area contributed by atoms with Crippen molar-refractivity contribution >= 4 is 16.9 Å². The molecule has 5 nitrogen and oxygen atoms in total. The summed E-state index contributed by atoms with van der Waals surface area (Å²) in [7, 11) is 0. The van der Waals surface area contributed by atoms with E-state index in [4.69, 9.17) is 9.47 Å². The molecule has 2 aromatic carbocycles. The maximum atomic E-state index is 13.1. The van der Waals surface area contributed by atoms with Crippen molar-refractivity contribution in [2.45, 2.75) is 0 Å². The quantitative estimate of drug-likeness (QED) is 0.781. The molecular weight excluding hydrogens is 313 g/mol. The van der Waals surface area contributed by atoms with Gasteiger partial charge in [-0.1, -0.05) is 0 Å². The van der Waals surface area contributed by atoms with E-state index in [1.807, 2.05) is 0 Å². The van der Waals surface area contributed by atoms with Crippen LogP contribution in [0, 0.1) is 5.82 Å². The van der Waals surface area contributed by atoms with E-state index in [0.29, 0.717) is 46.9 Å². The number of nitrogens with zero attached hydrogens (tertiary/aromatic N) is 1.